The van der Waals surface area contributed by atoms with Gasteiger partial charge in [0, 0.05) is 13.6 Å². The Labute approximate surface area is 108 Å². The Morgan fingerprint density at radius 3 is 2.33 bits per heavy atom. The Balaban J connectivity index is 3.18. The number of nitrogens with two attached hydrogens (primary N) is 1. The smallest absolute Gasteiger partial charge is 0.151 e. The molecule has 0 aliphatic heterocycles. The molecule has 0 spiro atoms. The van der Waals surface area contributed by atoms with Crippen LogP contribution in [0.1, 0.15) is 26.3 Å². The van der Waals surface area contributed by atoms with Crippen molar-refractivity contribution in [2.45, 2.75) is 27.7 Å². The van der Waals surface area contributed by atoms with E-state index < -0.39 is 0 Å². The van der Waals surface area contributed by atoms with Crippen molar-refractivity contribution in [1.82, 2.24) is 0 Å². The van der Waals surface area contributed by atoms with E-state index in [0.29, 0.717) is 22.6 Å². The number of rotatable bonds is 4. The van der Waals surface area contributed by atoms with Crippen molar-refractivity contribution in [2.75, 3.05) is 29.7 Å². The summed E-state index contributed by atoms with van der Waals surface area (Å²) in [4.78, 5) is 0. The molecule has 0 amide bonds. The van der Waals surface area contributed by atoms with Crippen LogP contribution in [0.4, 0.5) is 21.5 Å². The Morgan fingerprint density at radius 2 is 1.89 bits per heavy atom. The van der Waals surface area contributed by atoms with E-state index in [1.165, 1.54) is 0 Å². The molecule has 0 saturated heterocycles. The van der Waals surface area contributed by atoms with Crippen molar-refractivity contribution in [3.8, 4) is 0 Å². The summed E-state index contributed by atoms with van der Waals surface area (Å²) in [5, 5.41) is 6.13. The number of hydrazine groups is 1. The zero-order valence-corrected chi connectivity index (χ0v) is 11.7. The van der Waals surface area contributed by atoms with Crippen LogP contribution >= 0.6 is 0 Å². The van der Waals surface area contributed by atoms with Gasteiger partial charge in [-0.05, 0) is 24.0 Å². The molecule has 1 aromatic rings. The largest absolute Gasteiger partial charge is 0.384 e. The second kappa shape index (κ2) is 5.44. The van der Waals surface area contributed by atoms with E-state index in [1.807, 2.05) is 0 Å². The Hall–Kier alpha value is -1.49. The molecule has 0 saturated carbocycles. The van der Waals surface area contributed by atoms with Gasteiger partial charge in [-0.25, -0.2) is 4.39 Å². The summed E-state index contributed by atoms with van der Waals surface area (Å²) in [5.74, 6) is 5.24. The Bertz CT molecular complexity index is 424. The summed E-state index contributed by atoms with van der Waals surface area (Å²) in [6.45, 7) is 8.76. The first-order chi connectivity index (χ1) is 8.30. The quantitative estimate of drug-likeness (QED) is 0.493. The fourth-order valence-electron chi connectivity index (χ4n) is 1.68. The van der Waals surface area contributed by atoms with Crippen LogP contribution in [-0.4, -0.2) is 13.6 Å². The first-order valence-electron chi connectivity index (χ1n) is 6.01. The maximum atomic E-state index is 14.0. The lowest BCUT2D eigenvalue weighted by molar-refractivity contribution is 0.443. The van der Waals surface area contributed by atoms with Gasteiger partial charge in [0.2, 0.25) is 0 Å². The van der Waals surface area contributed by atoms with Crippen LogP contribution in [-0.2, 0) is 0 Å². The molecule has 0 bridgehead atoms. The molecule has 0 aliphatic rings. The molecular formula is C13H23FN4. The minimum Gasteiger partial charge on any atom is -0.384 e. The van der Waals surface area contributed by atoms with Crippen LogP contribution in [0.15, 0.2) is 6.07 Å². The predicted molar refractivity (Wildman–Crippen MR) is 76.4 cm³/mol. The van der Waals surface area contributed by atoms with Gasteiger partial charge < -0.3 is 16.1 Å². The van der Waals surface area contributed by atoms with E-state index in [0.717, 1.165) is 6.54 Å². The molecular weight excluding hydrogens is 231 g/mol. The predicted octanol–water partition coefficient (Wildman–Crippen LogP) is 2.92. The molecule has 4 nitrogen and oxygen atoms in total. The molecule has 0 radical (unpaired) electrons. The molecule has 1 rings (SSSR count). The fraction of sp³-hybridized carbons (Fsp3) is 0.538. The van der Waals surface area contributed by atoms with Crippen molar-refractivity contribution in [3.63, 3.8) is 0 Å². The molecule has 0 heterocycles. The summed E-state index contributed by atoms with van der Waals surface area (Å²) in [6, 6.07) is 1.70. The van der Waals surface area contributed by atoms with Crippen molar-refractivity contribution < 1.29 is 4.39 Å². The Kier molecular flexibility index (Phi) is 4.40. The molecule has 0 aromatic heterocycles. The van der Waals surface area contributed by atoms with Gasteiger partial charge in [-0.2, -0.15) is 0 Å². The van der Waals surface area contributed by atoms with Crippen molar-refractivity contribution in [2.24, 2.45) is 11.3 Å². The van der Waals surface area contributed by atoms with Gasteiger partial charge in [0.1, 0.15) is 0 Å². The number of nitrogens with one attached hydrogen (secondary N) is 3. The van der Waals surface area contributed by atoms with E-state index in [1.54, 1.807) is 20.0 Å². The first kappa shape index (κ1) is 14.6. The third-order valence-electron chi connectivity index (χ3n) is 2.65. The molecule has 1 aromatic carbocycles. The maximum Gasteiger partial charge on any atom is 0.151 e. The van der Waals surface area contributed by atoms with E-state index in [-0.39, 0.29) is 11.2 Å². The van der Waals surface area contributed by atoms with E-state index in [2.05, 4.69) is 36.8 Å². The number of anilines is 3. The van der Waals surface area contributed by atoms with Crippen molar-refractivity contribution in [1.29, 1.82) is 0 Å². The number of benzene rings is 1. The minimum absolute atomic E-state index is 0.0955. The monoisotopic (exact) mass is 254 g/mol. The zero-order chi connectivity index (χ0) is 13.9. The van der Waals surface area contributed by atoms with Crippen LogP contribution in [0, 0.1) is 18.2 Å². The average molecular weight is 254 g/mol. The van der Waals surface area contributed by atoms with Gasteiger partial charge in [0.15, 0.2) is 5.82 Å². The number of halogens is 1. The third-order valence-corrected chi connectivity index (χ3v) is 2.65. The van der Waals surface area contributed by atoms with Gasteiger partial charge >= 0.3 is 0 Å². The summed E-state index contributed by atoms with van der Waals surface area (Å²) in [7, 11) is 1.69. The number of hydrogen-bond acceptors (Lipinski definition) is 4. The van der Waals surface area contributed by atoms with Gasteiger partial charge in [0.05, 0.1) is 17.1 Å². The SMILES string of the molecule is CNc1c(F)c(C)cc(NN)c1NCC(C)(C)C. The molecule has 0 aliphatic carbocycles. The van der Waals surface area contributed by atoms with Crippen molar-refractivity contribution in [3.05, 3.63) is 17.4 Å². The van der Waals surface area contributed by atoms with E-state index in [9.17, 15) is 4.39 Å². The highest BCUT2D eigenvalue weighted by atomic mass is 19.1. The molecule has 18 heavy (non-hydrogen) atoms. The van der Waals surface area contributed by atoms with Crippen LogP contribution in [0.5, 0.6) is 0 Å². The fourth-order valence-corrected chi connectivity index (χ4v) is 1.68. The lowest BCUT2D eigenvalue weighted by Crippen LogP contribution is -2.21. The molecule has 0 atom stereocenters. The zero-order valence-electron chi connectivity index (χ0n) is 11.7. The topological polar surface area (TPSA) is 62.1 Å². The van der Waals surface area contributed by atoms with E-state index in [4.69, 9.17) is 5.84 Å². The molecule has 5 heteroatoms. The summed E-state index contributed by atoms with van der Waals surface area (Å²) >= 11 is 0. The number of hydrogen-bond donors (Lipinski definition) is 4. The first-order valence-corrected chi connectivity index (χ1v) is 6.01. The summed E-state index contributed by atoms with van der Waals surface area (Å²) < 4.78 is 14.0. The van der Waals surface area contributed by atoms with Gasteiger partial charge in [0.25, 0.3) is 0 Å². The molecule has 102 valence electrons. The van der Waals surface area contributed by atoms with Crippen LogP contribution < -0.4 is 21.9 Å². The lowest BCUT2D eigenvalue weighted by Gasteiger charge is -2.23. The molecule has 0 unspecified atom stereocenters. The van der Waals surface area contributed by atoms with Gasteiger partial charge in [-0.3, -0.25) is 5.84 Å². The third kappa shape index (κ3) is 3.26. The summed E-state index contributed by atoms with van der Waals surface area (Å²) in [6.07, 6.45) is 0. The van der Waals surface area contributed by atoms with Gasteiger partial charge in [-0.1, -0.05) is 20.8 Å². The highest BCUT2D eigenvalue weighted by Crippen LogP contribution is 2.35. The Morgan fingerprint density at radius 1 is 1.28 bits per heavy atom. The van der Waals surface area contributed by atoms with Crippen LogP contribution in [0.25, 0.3) is 0 Å². The van der Waals surface area contributed by atoms with Crippen LogP contribution in [0.3, 0.4) is 0 Å². The maximum absolute atomic E-state index is 14.0. The number of aryl methyl sites for hydroxylation is 1. The standard InChI is InChI=1S/C13H23FN4/c1-8-6-9(18-15)11(12(16-5)10(8)14)17-7-13(2,3)4/h6,16-18H,7,15H2,1-5H3. The normalized spacial score (nSPS) is 11.3. The highest BCUT2D eigenvalue weighted by molar-refractivity contribution is 5.83. The summed E-state index contributed by atoms with van der Waals surface area (Å²) in [5.41, 5.74) is 5.04. The molecule has 5 N–H and O–H groups in total. The average Bonchev–Trinajstić information content (AvgIpc) is 2.28. The van der Waals surface area contributed by atoms with Gasteiger partial charge in [-0.15, -0.1) is 0 Å². The number of nitrogen functional groups attached to an aromatic ring is 1. The van der Waals surface area contributed by atoms with E-state index >= 15 is 0 Å². The lowest BCUT2D eigenvalue weighted by atomic mass is 9.96. The second-order valence-electron chi connectivity index (χ2n) is 5.61. The highest BCUT2D eigenvalue weighted by Gasteiger charge is 2.17. The second-order valence-corrected chi connectivity index (χ2v) is 5.61. The molecule has 0 fully saturated rings. The van der Waals surface area contributed by atoms with Crippen molar-refractivity contribution >= 4 is 17.1 Å². The minimum atomic E-state index is -0.257. The van der Waals surface area contributed by atoms with Crippen LogP contribution in [0.2, 0.25) is 0 Å².